The molecule has 0 heterocycles. The Morgan fingerprint density at radius 2 is 0.852 bits per heavy atom. The Morgan fingerprint density at radius 1 is 0.630 bits per heavy atom. The minimum Gasteiger partial charge on any atom is -0.370 e. The van der Waals surface area contributed by atoms with Crippen LogP contribution in [0.15, 0.2) is 51.4 Å². The van der Waals surface area contributed by atoms with Crippen molar-refractivity contribution in [3.05, 3.63) is 68.1 Å². The maximum atomic E-state index is 5.87. The van der Waals surface area contributed by atoms with Gasteiger partial charge >= 0.3 is 0 Å². The van der Waals surface area contributed by atoms with E-state index in [0.29, 0.717) is 19.8 Å². The Kier molecular flexibility index (Phi) is 11.3. The van der Waals surface area contributed by atoms with Crippen molar-refractivity contribution in [2.45, 2.75) is 58.9 Å². The topological polar surface area (TPSA) is 27.7 Å². The van der Waals surface area contributed by atoms with Crippen molar-refractivity contribution in [3.63, 3.8) is 0 Å². The van der Waals surface area contributed by atoms with Crippen molar-refractivity contribution >= 4 is 47.8 Å². The SMILES string of the molecule is C=C[C@H](C)OCc1c(Br)c(CO[C@@H](C)C=C)c(Br)c(CO[C@@H](C)C=C)c1Br. The highest BCUT2D eigenvalue weighted by molar-refractivity contribution is 9.11. The largest absolute Gasteiger partial charge is 0.370 e. The summed E-state index contributed by atoms with van der Waals surface area (Å²) in [6.45, 7) is 18.5. The standard InChI is InChI=1S/C21H27Br3O3/c1-7-13(4)25-10-16-19(22)17(11-26-14(5)8-2)21(24)18(20(16)23)12-27-15(6)9-3/h7-9,13-15H,1-3,10-12H2,4-6H3/t13-,14-,15-/m0/s1. The van der Waals surface area contributed by atoms with Gasteiger partial charge in [-0.15, -0.1) is 19.7 Å². The molecule has 0 spiro atoms. The third-order valence-corrected chi connectivity index (χ3v) is 6.93. The van der Waals surface area contributed by atoms with E-state index in [1.807, 2.05) is 20.8 Å². The second-order valence-electron chi connectivity index (χ2n) is 6.13. The molecule has 150 valence electrons. The molecule has 1 aromatic carbocycles. The first-order valence-electron chi connectivity index (χ1n) is 8.66. The Balaban J connectivity index is 3.31. The third kappa shape index (κ3) is 7.26. The lowest BCUT2D eigenvalue weighted by Gasteiger charge is -2.22. The van der Waals surface area contributed by atoms with Gasteiger partial charge in [-0.3, -0.25) is 0 Å². The van der Waals surface area contributed by atoms with Crippen LogP contribution in [0, 0.1) is 0 Å². The van der Waals surface area contributed by atoms with Crippen LogP contribution in [0.3, 0.4) is 0 Å². The minimum atomic E-state index is -0.0478. The van der Waals surface area contributed by atoms with Crippen molar-refractivity contribution in [1.82, 2.24) is 0 Å². The summed E-state index contributed by atoms with van der Waals surface area (Å²) in [5.74, 6) is 0. The molecule has 0 bridgehead atoms. The number of halogens is 3. The molecule has 6 heteroatoms. The van der Waals surface area contributed by atoms with Gasteiger partial charge in [-0.1, -0.05) is 18.2 Å². The molecule has 0 aliphatic rings. The summed E-state index contributed by atoms with van der Waals surface area (Å²) in [6.07, 6.45) is 5.17. The molecule has 0 saturated heterocycles. The predicted molar refractivity (Wildman–Crippen MR) is 123 cm³/mol. The lowest BCUT2D eigenvalue weighted by Crippen LogP contribution is -2.12. The van der Waals surface area contributed by atoms with Gasteiger partial charge in [0, 0.05) is 30.1 Å². The number of benzene rings is 1. The quantitative estimate of drug-likeness (QED) is 0.249. The van der Waals surface area contributed by atoms with E-state index in [-0.39, 0.29) is 18.3 Å². The molecule has 0 saturated carbocycles. The molecular formula is C21H27Br3O3. The van der Waals surface area contributed by atoms with E-state index in [9.17, 15) is 0 Å². The second-order valence-corrected chi connectivity index (χ2v) is 8.51. The van der Waals surface area contributed by atoms with Gasteiger partial charge in [-0.25, -0.2) is 0 Å². The van der Waals surface area contributed by atoms with Gasteiger partial charge in [-0.05, 0) is 68.6 Å². The van der Waals surface area contributed by atoms with E-state index in [0.717, 1.165) is 30.1 Å². The molecule has 0 unspecified atom stereocenters. The number of hydrogen-bond acceptors (Lipinski definition) is 3. The normalized spacial score (nSPS) is 14.4. The Bertz CT molecular complexity index is 562. The molecule has 1 rings (SSSR count). The highest BCUT2D eigenvalue weighted by Gasteiger charge is 2.21. The smallest absolute Gasteiger partial charge is 0.0747 e. The van der Waals surface area contributed by atoms with Crippen molar-refractivity contribution in [1.29, 1.82) is 0 Å². The van der Waals surface area contributed by atoms with Crippen LogP contribution in [0.1, 0.15) is 37.5 Å². The fourth-order valence-electron chi connectivity index (χ4n) is 2.06. The molecule has 0 radical (unpaired) electrons. The maximum Gasteiger partial charge on any atom is 0.0747 e. The van der Waals surface area contributed by atoms with Gasteiger partial charge < -0.3 is 14.2 Å². The average Bonchev–Trinajstić information content (AvgIpc) is 2.66. The van der Waals surface area contributed by atoms with Crippen molar-refractivity contribution in [2.24, 2.45) is 0 Å². The van der Waals surface area contributed by atoms with Gasteiger partial charge in [0.05, 0.1) is 38.1 Å². The van der Waals surface area contributed by atoms with E-state index in [1.54, 1.807) is 18.2 Å². The van der Waals surface area contributed by atoms with Crippen molar-refractivity contribution < 1.29 is 14.2 Å². The lowest BCUT2D eigenvalue weighted by atomic mass is 10.1. The van der Waals surface area contributed by atoms with Crippen molar-refractivity contribution in [2.75, 3.05) is 0 Å². The molecule has 0 N–H and O–H groups in total. The van der Waals surface area contributed by atoms with Crippen LogP contribution in [-0.4, -0.2) is 18.3 Å². The molecule has 3 atom stereocenters. The van der Waals surface area contributed by atoms with Crippen LogP contribution < -0.4 is 0 Å². The monoisotopic (exact) mass is 564 g/mol. The predicted octanol–water partition coefficient (Wildman–Crippen LogP) is 7.25. The first-order chi connectivity index (χ1) is 12.8. The van der Waals surface area contributed by atoms with Crippen LogP contribution >= 0.6 is 47.8 Å². The molecule has 0 aliphatic heterocycles. The zero-order valence-corrected chi connectivity index (χ0v) is 20.8. The summed E-state index contributed by atoms with van der Waals surface area (Å²) in [7, 11) is 0. The molecule has 0 aliphatic carbocycles. The summed E-state index contributed by atoms with van der Waals surface area (Å²) in [5.41, 5.74) is 3.00. The first kappa shape index (κ1) is 24.8. The van der Waals surface area contributed by atoms with Crippen molar-refractivity contribution in [3.8, 4) is 0 Å². The molecular weight excluding hydrogens is 540 g/mol. The van der Waals surface area contributed by atoms with Gasteiger partial charge in [0.15, 0.2) is 0 Å². The highest BCUT2D eigenvalue weighted by Crippen LogP contribution is 2.40. The maximum absolute atomic E-state index is 5.87. The molecule has 0 amide bonds. The van der Waals surface area contributed by atoms with E-state index < -0.39 is 0 Å². The van der Waals surface area contributed by atoms with Crippen LogP contribution in [0.5, 0.6) is 0 Å². The Hall–Kier alpha value is -0.240. The second kappa shape index (κ2) is 12.3. The fourth-order valence-corrected chi connectivity index (χ4v) is 4.74. The van der Waals surface area contributed by atoms with E-state index >= 15 is 0 Å². The van der Waals surface area contributed by atoms with Gasteiger partial charge in [0.25, 0.3) is 0 Å². The number of rotatable bonds is 12. The van der Waals surface area contributed by atoms with E-state index in [2.05, 4.69) is 67.5 Å². The molecule has 0 fully saturated rings. The minimum absolute atomic E-state index is 0.0478. The average molecular weight is 567 g/mol. The van der Waals surface area contributed by atoms with Gasteiger partial charge in [0.1, 0.15) is 0 Å². The number of ether oxygens (including phenoxy) is 3. The summed E-state index contributed by atoms with van der Waals surface area (Å²) in [5, 5.41) is 0. The highest BCUT2D eigenvalue weighted by atomic mass is 79.9. The van der Waals surface area contributed by atoms with Crippen LogP contribution in [0.2, 0.25) is 0 Å². The third-order valence-electron chi connectivity index (χ3n) is 4.06. The van der Waals surface area contributed by atoms with Gasteiger partial charge in [-0.2, -0.15) is 0 Å². The Morgan fingerprint density at radius 3 is 1.04 bits per heavy atom. The zero-order chi connectivity index (χ0) is 20.6. The van der Waals surface area contributed by atoms with Crippen LogP contribution in [0.25, 0.3) is 0 Å². The molecule has 1 aromatic rings. The summed E-state index contributed by atoms with van der Waals surface area (Å²) in [6, 6.07) is 0. The summed E-state index contributed by atoms with van der Waals surface area (Å²) in [4.78, 5) is 0. The molecule has 0 aromatic heterocycles. The van der Waals surface area contributed by atoms with E-state index in [1.165, 1.54) is 0 Å². The fraction of sp³-hybridized carbons (Fsp3) is 0.429. The summed E-state index contributed by atoms with van der Waals surface area (Å²) >= 11 is 11.2. The van der Waals surface area contributed by atoms with E-state index in [4.69, 9.17) is 14.2 Å². The van der Waals surface area contributed by atoms with Crippen LogP contribution in [0.4, 0.5) is 0 Å². The molecule has 27 heavy (non-hydrogen) atoms. The summed E-state index contributed by atoms with van der Waals surface area (Å²) < 4.78 is 20.4. The first-order valence-corrected chi connectivity index (χ1v) is 11.0. The van der Waals surface area contributed by atoms with Crippen LogP contribution in [-0.2, 0) is 34.0 Å². The lowest BCUT2D eigenvalue weighted by molar-refractivity contribution is 0.0757. The Labute approximate surface area is 188 Å². The molecule has 3 nitrogen and oxygen atoms in total. The number of hydrogen-bond donors (Lipinski definition) is 0. The zero-order valence-electron chi connectivity index (χ0n) is 16.1. The van der Waals surface area contributed by atoms with Gasteiger partial charge in [0.2, 0.25) is 0 Å².